The summed E-state index contributed by atoms with van der Waals surface area (Å²) in [5, 5.41) is 8.96. The molecule has 0 unspecified atom stereocenters. The number of aryl methyl sites for hydroxylation is 1. The number of ether oxygens (including phenoxy) is 1. The first-order valence-electron chi connectivity index (χ1n) is 5.35. The highest BCUT2D eigenvalue weighted by Crippen LogP contribution is 2.26. The maximum Gasteiger partial charge on any atom is 0.101 e. The summed E-state index contributed by atoms with van der Waals surface area (Å²) < 4.78 is 5.31. The Morgan fingerprint density at radius 1 is 1.38 bits per heavy atom. The minimum atomic E-state index is 0.548. The number of nitrogen functional groups attached to an aromatic ring is 1. The number of nitriles is 1. The van der Waals surface area contributed by atoms with E-state index in [-0.39, 0.29) is 0 Å². The first-order valence-corrected chi connectivity index (χ1v) is 5.35. The van der Waals surface area contributed by atoms with Crippen LogP contribution in [-0.2, 0) is 4.74 Å². The summed E-state index contributed by atoms with van der Waals surface area (Å²) in [4.78, 5) is 2.24. The Morgan fingerprint density at radius 2 is 2.06 bits per heavy atom. The van der Waals surface area contributed by atoms with Gasteiger partial charge in [0.05, 0.1) is 18.8 Å². The summed E-state index contributed by atoms with van der Waals surface area (Å²) >= 11 is 0. The van der Waals surface area contributed by atoms with E-state index in [0.29, 0.717) is 11.3 Å². The topological polar surface area (TPSA) is 62.3 Å². The lowest BCUT2D eigenvalue weighted by Crippen LogP contribution is -2.36. The molecule has 1 heterocycles. The standard InChI is InChI=1S/C12H15N3O/c1-9-6-11(14)10(8-13)7-12(9)15-2-4-16-5-3-15/h6-7H,2-5,14H2,1H3. The quantitative estimate of drug-likeness (QED) is 0.720. The first kappa shape index (κ1) is 10.8. The number of nitrogens with zero attached hydrogens (tertiary/aromatic N) is 2. The zero-order valence-corrected chi connectivity index (χ0v) is 9.36. The average molecular weight is 217 g/mol. The molecule has 1 aromatic carbocycles. The van der Waals surface area contributed by atoms with Gasteiger partial charge >= 0.3 is 0 Å². The fourth-order valence-electron chi connectivity index (χ4n) is 1.96. The van der Waals surface area contributed by atoms with Gasteiger partial charge in [-0.05, 0) is 24.6 Å². The number of benzene rings is 1. The van der Waals surface area contributed by atoms with Crippen molar-refractivity contribution in [2.75, 3.05) is 36.9 Å². The summed E-state index contributed by atoms with van der Waals surface area (Å²) in [5.74, 6) is 0. The van der Waals surface area contributed by atoms with E-state index in [4.69, 9.17) is 15.7 Å². The molecule has 0 amide bonds. The summed E-state index contributed by atoms with van der Waals surface area (Å²) in [5.41, 5.74) is 9.07. The Balaban J connectivity index is 2.36. The van der Waals surface area contributed by atoms with Crippen molar-refractivity contribution in [2.45, 2.75) is 6.92 Å². The predicted molar refractivity (Wildman–Crippen MR) is 63.3 cm³/mol. The zero-order valence-electron chi connectivity index (χ0n) is 9.36. The van der Waals surface area contributed by atoms with Crippen LogP contribution in [0, 0.1) is 18.3 Å². The van der Waals surface area contributed by atoms with E-state index in [0.717, 1.165) is 37.6 Å². The predicted octanol–water partition coefficient (Wildman–Crippen LogP) is 1.29. The van der Waals surface area contributed by atoms with Gasteiger partial charge in [-0.15, -0.1) is 0 Å². The van der Waals surface area contributed by atoms with E-state index in [1.807, 2.05) is 19.1 Å². The van der Waals surface area contributed by atoms with Crippen LogP contribution in [0.1, 0.15) is 11.1 Å². The number of hydrogen-bond acceptors (Lipinski definition) is 4. The molecular formula is C12H15N3O. The minimum Gasteiger partial charge on any atom is -0.398 e. The monoisotopic (exact) mass is 217 g/mol. The van der Waals surface area contributed by atoms with Gasteiger partial charge in [0, 0.05) is 24.5 Å². The molecule has 0 saturated carbocycles. The molecule has 1 fully saturated rings. The molecular weight excluding hydrogens is 202 g/mol. The first-order chi connectivity index (χ1) is 7.72. The van der Waals surface area contributed by atoms with Crippen molar-refractivity contribution in [3.05, 3.63) is 23.3 Å². The molecule has 16 heavy (non-hydrogen) atoms. The van der Waals surface area contributed by atoms with Gasteiger partial charge < -0.3 is 15.4 Å². The molecule has 0 spiro atoms. The normalized spacial score (nSPS) is 15.9. The van der Waals surface area contributed by atoms with Gasteiger partial charge in [-0.25, -0.2) is 0 Å². The number of morpholine rings is 1. The van der Waals surface area contributed by atoms with Crippen molar-refractivity contribution < 1.29 is 4.74 Å². The van der Waals surface area contributed by atoms with Gasteiger partial charge in [0.25, 0.3) is 0 Å². The highest BCUT2D eigenvalue weighted by Gasteiger charge is 2.14. The van der Waals surface area contributed by atoms with Crippen molar-refractivity contribution in [1.82, 2.24) is 0 Å². The molecule has 1 aliphatic rings. The molecule has 0 aromatic heterocycles. The van der Waals surface area contributed by atoms with Crippen LogP contribution >= 0.6 is 0 Å². The van der Waals surface area contributed by atoms with Crippen molar-refractivity contribution in [3.8, 4) is 6.07 Å². The number of nitrogens with two attached hydrogens (primary N) is 1. The Hall–Kier alpha value is -1.73. The van der Waals surface area contributed by atoms with Crippen molar-refractivity contribution in [3.63, 3.8) is 0 Å². The van der Waals surface area contributed by atoms with Crippen LogP contribution in [-0.4, -0.2) is 26.3 Å². The summed E-state index contributed by atoms with van der Waals surface area (Å²) in [6, 6.07) is 5.85. The lowest BCUT2D eigenvalue weighted by molar-refractivity contribution is 0.122. The smallest absolute Gasteiger partial charge is 0.101 e. The van der Waals surface area contributed by atoms with Gasteiger partial charge in [0.15, 0.2) is 0 Å². The van der Waals surface area contributed by atoms with Crippen LogP contribution in [0.25, 0.3) is 0 Å². The number of rotatable bonds is 1. The molecule has 84 valence electrons. The van der Waals surface area contributed by atoms with Crippen molar-refractivity contribution >= 4 is 11.4 Å². The molecule has 2 N–H and O–H groups in total. The van der Waals surface area contributed by atoms with Crippen molar-refractivity contribution in [1.29, 1.82) is 5.26 Å². The van der Waals surface area contributed by atoms with Crippen LogP contribution in [0.15, 0.2) is 12.1 Å². The lowest BCUT2D eigenvalue weighted by Gasteiger charge is -2.30. The zero-order chi connectivity index (χ0) is 11.5. The Bertz CT molecular complexity index is 431. The number of anilines is 2. The molecule has 1 saturated heterocycles. The molecule has 1 aliphatic heterocycles. The summed E-state index contributed by atoms with van der Waals surface area (Å²) in [7, 11) is 0. The Morgan fingerprint density at radius 3 is 2.69 bits per heavy atom. The summed E-state index contributed by atoms with van der Waals surface area (Å²) in [6.07, 6.45) is 0. The van der Waals surface area contributed by atoms with Crippen LogP contribution < -0.4 is 10.6 Å². The molecule has 1 aromatic rings. The van der Waals surface area contributed by atoms with Crippen LogP contribution in [0.4, 0.5) is 11.4 Å². The maximum atomic E-state index is 8.96. The molecule has 4 heteroatoms. The van der Waals surface area contributed by atoms with Crippen LogP contribution in [0.2, 0.25) is 0 Å². The molecule has 4 nitrogen and oxygen atoms in total. The molecule has 0 aliphatic carbocycles. The largest absolute Gasteiger partial charge is 0.398 e. The summed E-state index contributed by atoms with van der Waals surface area (Å²) in [6.45, 7) is 5.24. The third kappa shape index (κ3) is 1.95. The number of hydrogen-bond donors (Lipinski definition) is 1. The van der Waals surface area contributed by atoms with E-state index in [1.54, 1.807) is 0 Å². The van der Waals surface area contributed by atoms with Gasteiger partial charge in [0.2, 0.25) is 0 Å². The van der Waals surface area contributed by atoms with E-state index >= 15 is 0 Å². The maximum absolute atomic E-state index is 8.96. The second-order valence-electron chi connectivity index (χ2n) is 3.94. The Kier molecular flexibility index (Phi) is 2.97. The third-order valence-corrected chi connectivity index (χ3v) is 2.84. The fourth-order valence-corrected chi connectivity index (χ4v) is 1.96. The lowest BCUT2D eigenvalue weighted by atomic mass is 10.1. The van der Waals surface area contributed by atoms with Crippen molar-refractivity contribution in [2.24, 2.45) is 0 Å². The minimum absolute atomic E-state index is 0.548. The van der Waals surface area contributed by atoms with E-state index in [2.05, 4.69) is 11.0 Å². The fraction of sp³-hybridized carbons (Fsp3) is 0.417. The third-order valence-electron chi connectivity index (χ3n) is 2.84. The van der Waals surface area contributed by atoms with Crippen LogP contribution in [0.5, 0.6) is 0 Å². The second kappa shape index (κ2) is 4.42. The van der Waals surface area contributed by atoms with E-state index in [9.17, 15) is 0 Å². The molecule has 0 atom stereocenters. The molecule has 2 rings (SSSR count). The highest BCUT2D eigenvalue weighted by molar-refractivity contribution is 5.66. The van der Waals surface area contributed by atoms with E-state index < -0.39 is 0 Å². The van der Waals surface area contributed by atoms with Crippen LogP contribution in [0.3, 0.4) is 0 Å². The van der Waals surface area contributed by atoms with Gasteiger partial charge in [-0.2, -0.15) is 5.26 Å². The van der Waals surface area contributed by atoms with Gasteiger partial charge in [-0.3, -0.25) is 0 Å². The second-order valence-corrected chi connectivity index (χ2v) is 3.94. The SMILES string of the molecule is Cc1cc(N)c(C#N)cc1N1CCOCC1. The molecule has 0 bridgehead atoms. The highest BCUT2D eigenvalue weighted by atomic mass is 16.5. The molecule has 0 radical (unpaired) electrons. The van der Waals surface area contributed by atoms with Gasteiger partial charge in [-0.1, -0.05) is 0 Å². The average Bonchev–Trinajstić information content (AvgIpc) is 2.30. The van der Waals surface area contributed by atoms with Gasteiger partial charge in [0.1, 0.15) is 6.07 Å². The van der Waals surface area contributed by atoms with E-state index in [1.165, 1.54) is 0 Å². The Labute approximate surface area is 95.2 Å².